The summed E-state index contributed by atoms with van der Waals surface area (Å²) in [5.74, 6) is 0.750. The van der Waals surface area contributed by atoms with E-state index in [1.807, 2.05) is 56.3 Å². The van der Waals surface area contributed by atoms with Gasteiger partial charge in [-0.15, -0.1) is 0 Å². The Morgan fingerprint density at radius 3 is 2.60 bits per heavy atom. The first-order chi connectivity index (χ1) is 12.1. The molecule has 1 atom stereocenters. The standard InChI is InChI=1S/C22H24O3/c1-4-5-9-18-14-21(23)25-22-15(2)20(13-12-19(18)22)24-16(3)17-10-7-6-8-11-17/h6-8,10-14,16H,4-5,9H2,1-3H3. The Labute approximate surface area is 148 Å². The fraction of sp³-hybridized carbons (Fsp3) is 0.318. The molecule has 0 spiro atoms. The van der Waals surface area contributed by atoms with Crippen LogP contribution >= 0.6 is 0 Å². The van der Waals surface area contributed by atoms with Crippen LogP contribution in [0.1, 0.15) is 49.5 Å². The third-order valence-corrected chi connectivity index (χ3v) is 4.57. The third-order valence-electron chi connectivity index (χ3n) is 4.57. The average molecular weight is 336 g/mol. The highest BCUT2D eigenvalue weighted by Crippen LogP contribution is 2.31. The van der Waals surface area contributed by atoms with E-state index in [0.717, 1.165) is 47.1 Å². The Balaban J connectivity index is 1.98. The van der Waals surface area contributed by atoms with Crippen LogP contribution in [0.3, 0.4) is 0 Å². The van der Waals surface area contributed by atoms with Gasteiger partial charge in [0.25, 0.3) is 0 Å². The van der Waals surface area contributed by atoms with Gasteiger partial charge in [-0.05, 0) is 49.9 Å². The molecule has 0 amide bonds. The highest BCUT2D eigenvalue weighted by Gasteiger charge is 2.14. The number of aryl methyl sites for hydroxylation is 2. The van der Waals surface area contributed by atoms with Crippen LogP contribution in [0.5, 0.6) is 5.75 Å². The van der Waals surface area contributed by atoms with Crippen molar-refractivity contribution in [2.45, 2.75) is 46.1 Å². The molecule has 3 nitrogen and oxygen atoms in total. The maximum atomic E-state index is 12.0. The highest BCUT2D eigenvalue weighted by atomic mass is 16.5. The molecule has 0 radical (unpaired) electrons. The molecular weight excluding hydrogens is 312 g/mol. The van der Waals surface area contributed by atoms with Crippen molar-refractivity contribution >= 4 is 11.0 Å². The molecule has 0 bridgehead atoms. The first kappa shape index (κ1) is 17.3. The number of fused-ring (bicyclic) bond motifs is 1. The van der Waals surface area contributed by atoms with Crippen LogP contribution in [-0.4, -0.2) is 0 Å². The predicted molar refractivity (Wildman–Crippen MR) is 101 cm³/mol. The predicted octanol–water partition coefficient (Wildman–Crippen LogP) is 5.58. The first-order valence-electron chi connectivity index (χ1n) is 8.88. The highest BCUT2D eigenvalue weighted by molar-refractivity contribution is 5.85. The Morgan fingerprint density at radius 2 is 1.88 bits per heavy atom. The van der Waals surface area contributed by atoms with Crippen LogP contribution in [-0.2, 0) is 6.42 Å². The minimum atomic E-state index is -0.296. The minimum Gasteiger partial charge on any atom is -0.486 e. The third kappa shape index (κ3) is 3.76. The van der Waals surface area contributed by atoms with Gasteiger partial charge in [-0.2, -0.15) is 0 Å². The molecule has 2 aromatic carbocycles. The van der Waals surface area contributed by atoms with Crippen LogP contribution in [0.4, 0.5) is 0 Å². The molecule has 0 saturated carbocycles. The summed E-state index contributed by atoms with van der Waals surface area (Å²) in [6.07, 6.45) is 2.96. The molecule has 1 unspecified atom stereocenters. The molecule has 0 aliphatic carbocycles. The average Bonchev–Trinajstić information content (AvgIpc) is 2.63. The van der Waals surface area contributed by atoms with Crippen LogP contribution < -0.4 is 10.4 Å². The maximum Gasteiger partial charge on any atom is 0.336 e. The number of unbranched alkanes of at least 4 members (excludes halogenated alkanes) is 1. The summed E-state index contributed by atoms with van der Waals surface area (Å²) in [6.45, 7) is 6.12. The second-order valence-electron chi connectivity index (χ2n) is 6.43. The van der Waals surface area contributed by atoms with Gasteiger partial charge in [0.1, 0.15) is 17.4 Å². The van der Waals surface area contributed by atoms with E-state index in [0.29, 0.717) is 5.58 Å². The van der Waals surface area contributed by atoms with E-state index < -0.39 is 0 Å². The van der Waals surface area contributed by atoms with Crippen molar-refractivity contribution in [3.8, 4) is 5.75 Å². The fourth-order valence-electron chi connectivity index (χ4n) is 3.09. The number of ether oxygens (including phenoxy) is 1. The normalized spacial score (nSPS) is 12.3. The molecule has 1 heterocycles. The summed E-state index contributed by atoms with van der Waals surface area (Å²) in [7, 11) is 0. The lowest BCUT2D eigenvalue weighted by Crippen LogP contribution is -2.06. The number of rotatable bonds is 6. The van der Waals surface area contributed by atoms with Crippen molar-refractivity contribution in [2.75, 3.05) is 0 Å². The first-order valence-corrected chi connectivity index (χ1v) is 8.88. The van der Waals surface area contributed by atoms with E-state index in [4.69, 9.17) is 9.15 Å². The molecule has 25 heavy (non-hydrogen) atoms. The lowest BCUT2D eigenvalue weighted by Gasteiger charge is -2.18. The van der Waals surface area contributed by atoms with Gasteiger partial charge in [-0.3, -0.25) is 0 Å². The molecule has 3 rings (SSSR count). The second-order valence-corrected chi connectivity index (χ2v) is 6.43. The van der Waals surface area contributed by atoms with Gasteiger partial charge in [-0.1, -0.05) is 43.7 Å². The fourth-order valence-corrected chi connectivity index (χ4v) is 3.09. The van der Waals surface area contributed by atoms with Gasteiger partial charge in [0.2, 0.25) is 0 Å². The molecule has 3 aromatic rings. The molecule has 0 saturated heterocycles. The molecule has 0 fully saturated rings. The summed E-state index contributed by atoms with van der Waals surface area (Å²) >= 11 is 0. The summed E-state index contributed by atoms with van der Waals surface area (Å²) in [5, 5.41) is 1.00. The maximum absolute atomic E-state index is 12.0. The van der Waals surface area contributed by atoms with E-state index >= 15 is 0 Å². The second kappa shape index (κ2) is 7.56. The van der Waals surface area contributed by atoms with E-state index in [1.165, 1.54) is 0 Å². The zero-order valence-electron chi connectivity index (χ0n) is 15.0. The Morgan fingerprint density at radius 1 is 1.12 bits per heavy atom. The van der Waals surface area contributed by atoms with Crippen LogP contribution in [0, 0.1) is 6.92 Å². The van der Waals surface area contributed by atoms with E-state index in [2.05, 4.69) is 6.92 Å². The smallest absolute Gasteiger partial charge is 0.336 e. The summed E-state index contributed by atoms with van der Waals surface area (Å²) in [4.78, 5) is 12.0. The van der Waals surface area contributed by atoms with Gasteiger partial charge in [0, 0.05) is 17.0 Å². The van der Waals surface area contributed by atoms with Crippen molar-refractivity contribution in [1.82, 2.24) is 0 Å². The van der Waals surface area contributed by atoms with Crippen molar-refractivity contribution < 1.29 is 9.15 Å². The zero-order chi connectivity index (χ0) is 17.8. The number of hydrogen-bond acceptors (Lipinski definition) is 3. The Bertz CT molecular complexity index is 910. The summed E-state index contributed by atoms with van der Waals surface area (Å²) in [6, 6.07) is 15.7. The number of hydrogen-bond donors (Lipinski definition) is 0. The molecule has 0 aliphatic heterocycles. The SMILES string of the molecule is CCCCc1cc(=O)oc2c(C)c(OC(C)c3ccccc3)ccc12. The Hall–Kier alpha value is -2.55. The van der Waals surface area contributed by atoms with Gasteiger partial charge < -0.3 is 9.15 Å². The Kier molecular flexibility index (Phi) is 5.22. The van der Waals surface area contributed by atoms with Crippen molar-refractivity contribution in [1.29, 1.82) is 0 Å². The van der Waals surface area contributed by atoms with Crippen molar-refractivity contribution in [3.63, 3.8) is 0 Å². The van der Waals surface area contributed by atoms with Gasteiger partial charge in [0.15, 0.2) is 0 Å². The van der Waals surface area contributed by atoms with Gasteiger partial charge in [-0.25, -0.2) is 4.79 Å². The lowest BCUT2D eigenvalue weighted by atomic mass is 10.0. The minimum absolute atomic E-state index is 0.0765. The zero-order valence-corrected chi connectivity index (χ0v) is 15.0. The van der Waals surface area contributed by atoms with Gasteiger partial charge in [0.05, 0.1) is 0 Å². The molecule has 0 aliphatic rings. The lowest BCUT2D eigenvalue weighted by molar-refractivity contribution is 0.225. The molecule has 0 N–H and O–H groups in total. The molecule has 3 heteroatoms. The quantitative estimate of drug-likeness (QED) is 0.551. The summed E-state index contributed by atoms with van der Waals surface area (Å²) < 4.78 is 11.6. The van der Waals surface area contributed by atoms with Crippen LogP contribution in [0.25, 0.3) is 11.0 Å². The van der Waals surface area contributed by atoms with E-state index in [1.54, 1.807) is 6.07 Å². The molecule has 1 aromatic heterocycles. The van der Waals surface area contributed by atoms with Crippen molar-refractivity contribution in [2.24, 2.45) is 0 Å². The van der Waals surface area contributed by atoms with E-state index in [-0.39, 0.29) is 11.7 Å². The van der Waals surface area contributed by atoms with Crippen LogP contribution in [0.15, 0.2) is 57.7 Å². The monoisotopic (exact) mass is 336 g/mol. The molecular formula is C22H24O3. The van der Waals surface area contributed by atoms with Gasteiger partial charge >= 0.3 is 5.63 Å². The topological polar surface area (TPSA) is 39.4 Å². The summed E-state index contributed by atoms with van der Waals surface area (Å²) in [5.41, 5.74) is 3.38. The molecule has 130 valence electrons. The van der Waals surface area contributed by atoms with Crippen molar-refractivity contribution in [3.05, 3.63) is 75.6 Å². The largest absolute Gasteiger partial charge is 0.486 e. The van der Waals surface area contributed by atoms with E-state index in [9.17, 15) is 4.79 Å². The number of benzene rings is 2. The van der Waals surface area contributed by atoms with Crippen LogP contribution in [0.2, 0.25) is 0 Å².